The van der Waals surface area contributed by atoms with Gasteiger partial charge in [-0.1, -0.05) is 0 Å². The van der Waals surface area contributed by atoms with Crippen LogP contribution < -0.4 is 0 Å². The minimum absolute atomic E-state index is 0.140. The van der Waals surface area contributed by atoms with Crippen molar-refractivity contribution >= 4 is 6.29 Å². The van der Waals surface area contributed by atoms with E-state index in [0.717, 1.165) is 0 Å². The van der Waals surface area contributed by atoms with Gasteiger partial charge < -0.3 is 204 Å². The van der Waals surface area contributed by atoms with Crippen molar-refractivity contribution < 1.29 is 204 Å². The molecule has 1 unspecified atom stereocenters. The van der Waals surface area contributed by atoms with E-state index in [1.165, 1.54) is 0 Å². The van der Waals surface area contributed by atoms with E-state index in [0.29, 0.717) is 0 Å². The summed E-state index contributed by atoms with van der Waals surface area (Å²) in [4.78, 5) is 11.1. The summed E-state index contributed by atoms with van der Waals surface area (Å²) in [5.41, 5.74) is 0. The molecule has 0 aliphatic carbocycles. The molecule has 7 fully saturated rings. The van der Waals surface area contributed by atoms with Crippen molar-refractivity contribution in [3.8, 4) is 0 Å². The molecule has 0 aromatic heterocycles. The SMILES string of the molecule is O=C[C@H](O)[C@@H](O)[C@H](O[C@@H]1O[C@H](CO)[C@@H](O[C@@H]2O[C@H](CO)[C@@H](O[C@@H]3O[C@H](CO)[C@@H](O[C@@H]4O[C@H](CO)[C@@H](O[C@@H]5O[C@H](CO)[C@@H](O[C@@H]6O[C@H](CO)[C@@H](O[C@@H]7O[C@H](CO)[C@@H](O)[C@H](O)[C@H]7O)[C@H](O)[C@H]6O)[C@H](O)[C@H]5O)[C@H](O)[C@H]4O)C(O)[C@H]3O)[C@H](O)[C@H]2O)[C@H](O)[C@H]1O)[C@H](O)CO. The first-order valence-electron chi connectivity index (χ1n) is 27.9. The maximum absolute atomic E-state index is 11.4. The minimum atomic E-state index is -2.28. The zero-order valence-electron chi connectivity index (χ0n) is 46.5. The van der Waals surface area contributed by atoms with Gasteiger partial charge in [0, 0.05) is 0 Å². The van der Waals surface area contributed by atoms with Crippen LogP contribution in [0.3, 0.4) is 0 Å². The second kappa shape index (κ2) is 32.7. The van der Waals surface area contributed by atoms with E-state index in [-0.39, 0.29) is 6.29 Å². The highest BCUT2D eigenvalue weighted by molar-refractivity contribution is 5.56. The lowest BCUT2D eigenvalue weighted by Gasteiger charge is -2.50. The summed E-state index contributed by atoms with van der Waals surface area (Å²) in [6, 6.07) is 0. The van der Waals surface area contributed by atoms with Crippen LogP contribution in [0.2, 0.25) is 0 Å². The van der Waals surface area contributed by atoms with Crippen molar-refractivity contribution in [1.82, 2.24) is 0 Å². The van der Waals surface area contributed by atoms with Gasteiger partial charge in [-0.25, -0.2) is 0 Å². The Morgan fingerprint density at radius 1 is 0.292 bits per heavy atom. The summed E-state index contributed by atoms with van der Waals surface area (Å²) < 4.78 is 77.9. The van der Waals surface area contributed by atoms with Crippen molar-refractivity contribution in [2.45, 2.75) is 239 Å². The molecule has 0 aromatic carbocycles. The van der Waals surface area contributed by atoms with Crippen molar-refractivity contribution in [3.05, 3.63) is 0 Å². The van der Waals surface area contributed by atoms with Crippen molar-refractivity contribution in [3.63, 3.8) is 0 Å². The minimum Gasteiger partial charge on any atom is -0.394 e. The lowest BCUT2D eigenvalue weighted by Crippen LogP contribution is -2.68. The van der Waals surface area contributed by atoms with Crippen molar-refractivity contribution in [2.24, 2.45) is 0 Å². The average Bonchev–Trinajstić information content (AvgIpc) is 2.22. The van der Waals surface area contributed by atoms with Crippen molar-refractivity contribution in [1.29, 1.82) is 0 Å². The molecule has 39 atom stereocenters. The maximum atomic E-state index is 11.4. The zero-order chi connectivity index (χ0) is 65.8. The van der Waals surface area contributed by atoms with Crippen LogP contribution in [0.1, 0.15) is 0 Å². The summed E-state index contributed by atoms with van der Waals surface area (Å²) in [6.45, 7) is -8.41. The van der Waals surface area contributed by atoms with Crippen LogP contribution in [0, 0.1) is 0 Å². The van der Waals surface area contributed by atoms with Gasteiger partial charge in [-0.15, -0.1) is 0 Å². The first kappa shape index (κ1) is 74.5. The molecule has 0 spiro atoms. The predicted molar refractivity (Wildman–Crippen MR) is 266 cm³/mol. The molecule has 89 heavy (non-hydrogen) atoms. The van der Waals surface area contributed by atoms with E-state index in [4.69, 9.17) is 66.3 Å². The Morgan fingerprint density at radius 2 is 0.506 bits per heavy atom. The molecule has 0 aromatic rings. The van der Waals surface area contributed by atoms with Gasteiger partial charge in [0.1, 0.15) is 195 Å². The number of aldehydes is 1. The molecule has 41 nitrogen and oxygen atoms in total. The van der Waals surface area contributed by atoms with Gasteiger partial charge in [-0.3, -0.25) is 0 Å². The highest BCUT2D eigenvalue weighted by Crippen LogP contribution is 2.38. The predicted octanol–water partition coefficient (Wildman–Crippen LogP) is -18.6. The van der Waals surface area contributed by atoms with Crippen LogP contribution in [-0.4, -0.2) is 431 Å². The van der Waals surface area contributed by atoms with Crippen LogP contribution in [0.5, 0.6) is 0 Å². The lowest BCUT2D eigenvalue weighted by molar-refractivity contribution is -0.398. The largest absolute Gasteiger partial charge is 0.394 e. The molecule has 7 heterocycles. The molecular formula is C48H82O41. The third-order valence-electron chi connectivity index (χ3n) is 16.2. The Bertz CT molecular complexity index is 2100. The van der Waals surface area contributed by atoms with E-state index in [9.17, 15) is 138 Å². The maximum Gasteiger partial charge on any atom is 0.187 e. The Labute approximate surface area is 501 Å². The molecule has 41 heteroatoms. The van der Waals surface area contributed by atoms with Gasteiger partial charge in [-0.05, 0) is 0 Å². The molecule has 0 saturated carbocycles. The summed E-state index contributed by atoms with van der Waals surface area (Å²) in [7, 11) is 0. The van der Waals surface area contributed by atoms with E-state index in [1.54, 1.807) is 0 Å². The van der Waals surface area contributed by atoms with Crippen LogP contribution in [0.4, 0.5) is 0 Å². The molecule has 520 valence electrons. The van der Waals surface area contributed by atoms with E-state index >= 15 is 0 Å². The number of hydrogen-bond donors (Lipinski definition) is 26. The molecule has 7 aliphatic rings. The standard InChI is InChI=1S/C48H82O41/c49-1-10(58)19(60)35(11(59)2-50)83-43-29(70)22(63)37(13(4-52)77-43)85-45-31(72)24(65)39(15(6-54)79-45)87-47-33(74)26(67)41(17(8-56)81-47)89-48-34(75)27(68)40(18(9-57)82-48)88-46-32(73)25(66)38(16(7-55)80-46)86-44-30(71)23(64)36(14(5-53)78-44)84-42-28(69)21(62)20(61)12(3-51)76-42/h1,10-48,50-75H,2-9H2/t10-,11+,12+,13+,14+,15+,16+,17+,18+,19+,20+,21-,22+,23+,24+,25+,26?,27+,28+,29+,30+,31+,32+,33+,34+,35+,36+,37+,38+,39+,40+,41+,42-,43-,44-,45-,46-,47-,48-/m0/s1. The number of aliphatic hydroxyl groups is 26. The van der Waals surface area contributed by atoms with E-state index in [2.05, 4.69) is 0 Å². The number of hydrogen-bond acceptors (Lipinski definition) is 41. The fourth-order valence-corrected chi connectivity index (χ4v) is 11.0. The second-order valence-electron chi connectivity index (χ2n) is 22.0. The van der Waals surface area contributed by atoms with Crippen LogP contribution >= 0.6 is 0 Å². The third kappa shape index (κ3) is 15.8. The van der Waals surface area contributed by atoms with E-state index < -0.39 is 292 Å². The molecule has 0 radical (unpaired) electrons. The smallest absolute Gasteiger partial charge is 0.187 e. The number of carbonyl (C=O) groups excluding carboxylic acids is 1. The number of aliphatic hydroxyl groups excluding tert-OH is 26. The average molecular weight is 1320 g/mol. The van der Waals surface area contributed by atoms with Crippen LogP contribution in [0.25, 0.3) is 0 Å². The quantitative estimate of drug-likeness (QED) is 0.0358. The van der Waals surface area contributed by atoms with Gasteiger partial charge in [0.2, 0.25) is 0 Å². The summed E-state index contributed by atoms with van der Waals surface area (Å²) in [5.74, 6) is 0. The molecule has 7 aliphatic heterocycles. The molecule has 7 saturated heterocycles. The second-order valence-corrected chi connectivity index (χ2v) is 22.0. The normalized spacial score (nSPS) is 49.8. The molecule has 7 rings (SSSR count). The lowest BCUT2D eigenvalue weighted by atomic mass is 9.95. The third-order valence-corrected chi connectivity index (χ3v) is 16.2. The number of carbonyl (C=O) groups is 1. The first-order valence-corrected chi connectivity index (χ1v) is 27.9. The molecule has 0 bridgehead atoms. The van der Waals surface area contributed by atoms with Crippen LogP contribution in [-0.2, 0) is 71.1 Å². The van der Waals surface area contributed by atoms with Gasteiger partial charge in [-0.2, -0.15) is 0 Å². The van der Waals surface area contributed by atoms with E-state index in [1.807, 2.05) is 0 Å². The molecular weight excluding hydrogens is 1230 g/mol. The zero-order valence-corrected chi connectivity index (χ0v) is 46.5. The highest BCUT2D eigenvalue weighted by Gasteiger charge is 2.59. The summed E-state index contributed by atoms with van der Waals surface area (Å²) in [5, 5.41) is 276. The molecule has 26 N–H and O–H groups in total. The number of ether oxygens (including phenoxy) is 14. The summed E-state index contributed by atoms with van der Waals surface area (Å²) >= 11 is 0. The topological polar surface area (TPSA) is 672 Å². The van der Waals surface area contributed by atoms with Gasteiger partial charge in [0.25, 0.3) is 0 Å². The Morgan fingerprint density at radius 3 is 0.730 bits per heavy atom. The van der Waals surface area contributed by atoms with Crippen molar-refractivity contribution in [2.75, 3.05) is 52.9 Å². The molecule has 0 amide bonds. The number of rotatable bonds is 26. The monoisotopic (exact) mass is 1310 g/mol. The first-order chi connectivity index (χ1) is 42.2. The fourth-order valence-electron chi connectivity index (χ4n) is 11.0. The highest BCUT2D eigenvalue weighted by atomic mass is 16.8. The summed E-state index contributed by atoms with van der Waals surface area (Å²) in [6.07, 6.45) is -78.7. The Kier molecular flexibility index (Phi) is 27.3. The fraction of sp³-hybridized carbons (Fsp3) is 0.979. The van der Waals surface area contributed by atoms with Gasteiger partial charge in [0.15, 0.2) is 50.3 Å². The Balaban J connectivity index is 0.940. The van der Waals surface area contributed by atoms with Gasteiger partial charge in [0.05, 0.1) is 52.9 Å². The van der Waals surface area contributed by atoms with Gasteiger partial charge >= 0.3 is 0 Å². The van der Waals surface area contributed by atoms with Crippen LogP contribution in [0.15, 0.2) is 0 Å². The Hall–Kier alpha value is -1.93.